The van der Waals surface area contributed by atoms with Gasteiger partial charge in [-0.1, -0.05) is 11.8 Å². The van der Waals surface area contributed by atoms with Gasteiger partial charge in [-0.25, -0.2) is 4.79 Å². The summed E-state index contributed by atoms with van der Waals surface area (Å²) in [6.45, 7) is 8.30. The van der Waals surface area contributed by atoms with Crippen LogP contribution >= 0.6 is 0 Å². The molecule has 158 valence electrons. The van der Waals surface area contributed by atoms with Crippen molar-refractivity contribution < 1.29 is 14.6 Å². The number of carboxylic acid groups (broad SMARTS) is 1. The Hall–Kier alpha value is -2.03. The number of hydrogen-bond acceptors (Lipinski definition) is 4. The van der Waals surface area contributed by atoms with Gasteiger partial charge in [0, 0.05) is 29.9 Å². The number of anilines is 1. The molecule has 0 unspecified atom stereocenters. The van der Waals surface area contributed by atoms with E-state index >= 15 is 0 Å². The SMILES string of the molecule is CCN(c1cc(C#CC2(C)COC2)cc(C(=O)O)c1C)C1CCC(N(C)C)CC1. The summed E-state index contributed by atoms with van der Waals surface area (Å²) in [4.78, 5) is 16.6. The molecule has 5 heteroatoms. The van der Waals surface area contributed by atoms with Crippen LogP contribution in [0.4, 0.5) is 5.69 Å². The quantitative estimate of drug-likeness (QED) is 0.765. The Labute approximate surface area is 175 Å². The molecule has 0 aromatic heterocycles. The van der Waals surface area contributed by atoms with Crippen molar-refractivity contribution >= 4 is 11.7 Å². The average Bonchev–Trinajstić information content (AvgIpc) is 2.67. The zero-order chi connectivity index (χ0) is 21.2. The van der Waals surface area contributed by atoms with E-state index in [1.54, 1.807) is 6.07 Å². The van der Waals surface area contributed by atoms with E-state index in [0.717, 1.165) is 36.2 Å². The van der Waals surface area contributed by atoms with Crippen molar-refractivity contribution in [2.24, 2.45) is 5.41 Å². The van der Waals surface area contributed by atoms with E-state index in [-0.39, 0.29) is 5.41 Å². The second-order valence-corrected chi connectivity index (χ2v) is 8.99. The molecule has 3 rings (SSSR count). The number of benzene rings is 1. The average molecular weight is 399 g/mol. The number of ether oxygens (including phenoxy) is 1. The maximum atomic E-state index is 11.9. The number of nitrogens with zero attached hydrogens (tertiary/aromatic N) is 2. The molecule has 1 saturated heterocycles. The highest BCUT2D eigenvalue weighted by atomic mass is 16.5. The molecule has 2 fully saturated rings. The minimum atomic E-state index is -0.891. The summed E-state index contributed by atoms with van der Waals surface area (Å²) in [7, 11) is 4.31. The van der Waals surface area contributed by atoms with Gasteiger partial charge in [-0.2, -0.15) is 0 Å². The van der Waals surface area contributed by atoms with E-state index in [2.05, 4.69) is 55.6 Å². The molecule has 1 aromatic carbocycles. The highest BCUT2D eigenvalue weighted by Gasteiger charge is 2.31. The minimum Gasteiger partial charge on any atom is -0.478 e. The van der Waals surface area contributed by atoms with Gasteiger partial charge in [-0.3, -0.25) is 0 Å². The normalized spacial score (nSPS) is 23.1. The van der Waals surface area contributed by atoms with Crippen molar-refractivity contribution in [3.05, 3.63) is 28.8 Å². The van der Waals surface area contributed by atoms with Crippen LogP contribution in [0.15, 0.2) is 12.1 Å². The standard InChI is InChI=1S/C24H34N2O3/c1-6-26(20-9-7-19(8-10-20)25(4)5)22-14-18(11-12-24(3)15-29-16-24)13-21(17(22)2)23(27)28/h13-14,19-20H,6-10,15-16H2,1-5H3,(H,27,28). The van der Waals surface area contributed by atoms with Gasteiger partial charge in [0.1, 0.15) is 0 Å². The molecule has 1 saturated carbocycles. The molecular weight excluding hydrogens is 364 g/mol. The van der Waals surface area contributed by atoms with Crippen molar-refractivity contribution in [1.82, 2.24) is 4.90 Å². The highest BCUT2D eigenvalue weighted by Crippen LogP contribution is 2.33. The number of rotatable bonds is 5. The van der Waals surface area contributed by atoms with Crippen molar-refractivity contribution in [3.63, 3.8) is 0 Å². The monoisotopic (exact) mass is 398 g/mol. The first-order chi connectivity index (χ1) is 13.7. The summed E-state index contributed by atoms with van der Waals surface area (Å²) in [6, 6.07) is 4.88. The van der Waals surface area contributed by atoms with E-state index in [1.165, 1.54) is 12.8 Å². The third-order valence-corrected chi connectivity index (χ3v) is 6.45. The molecule has 0 bridgehead atoms. The van der Waals surface area contributed by atoms with E-state index < -0.39 is 5.97 Å². The third-order valence-electron chi connectivity index (χ3n) is 6.45. The lowest BCUT2D eigenvalue weighted by atomic mass is 9.88. The van der Waals surface area contributed by atoms with Crippen molar-refractivity contribution in [2.45, 2.75) is 58.5 Å². The lowest BCUT2D eigenvalue weighted by molar-refractivity contribution is -0.0648. The molecule has 0 radical (unpaired) electrons. The fourth-order valence-corrected chi connectivity index (χ4v) is 4.51. The number of aromatic carboxylic acids is 1. The van der Waals surface area contributed by atoms with Crippen LogP contribution in [0, 0.1) is 24.2 Å². The van der Waals surface area contributed by atoms with Crippen LogP contribution in [-0.4, -0.2) is 61.9 Å². The van der Waals surface area contributed by atoms with E-state index in [0.29, 0.717) is 30.9 Å². The van der Waals surface area contributed by atoms with E-state index in [9.17, 15) is 9.90 Å². The van der Waals surface area contributed by atoms with E-state index in [1.807, 2.05) is 6.92 Å². The molecular formula is C24H34N2O3. The summed E-state index contributed by atoms with van der Waals surface area (Å²) < 4.78 is 5.28. The summed E-state index contributed by atoms with van der Waals surface area (Å²) >= 11 is 0. The molecule has 1 aromatic rings. The van der Waals surface area contributed by atoms with Gasteiger partial charge < -0.3 is 19.6 Å². The minimum absolute atomic E-state index is 0.122. The maximum absolute atomic E-state index is 11.9. The first-order valence-electron chi connectivity index (χ1n) is 10.7. The van der Waals surface area contributed by atoms with Gasteiger partial charge >= 0.3 is 5.97 Å². The first kappa shape index (κ1) is 21.7. The Bertz CT molecular complexity index is 809. The molecule has 1 aliphatic carbocycles. The van der Waals surface area contributed by atoms with Gasteiger partial charge in [-0.05, 0) is 78.2 Å². The second kappa shape index (κ2) is 8.77. The topological polar surface area (TPSA) is 53.0 Å². The fourth-order valence-electron chi connectivity index (χ4n) is 4.51. The van der Waals surface area contributed by atoms with Gasteiger partial charge in [-0.15, -0.1) is 0 Å². The zero-order valence-electron chi connectivity index (χ0n) is 18.4. The highest BCUT2D eigenvalue weighted by molar-refractivity contribution is 5.92. The van der Waals surface area contributed by atoms with Crippen molar-refractivity contribution in [2.75, 3.05) is 38.8 Å². The predicted molar refractivity (Wildman–Crippen MR) is 117 cm³/mol. The van der Waals surface area contributed by atoms with Crippen molar-refractivity contribution in [3.8, 4) is 11.8 Å². The largest absolute Gasteiger partial charge is 0.478 e. The third kappa shape index (κ3) is 4.76. The number of hydrogen-bond donors (Lipinski definition) is 1. The summed E-state index contributed by atoms with van der Waals surface area (Å²) in [5.41, 5.74) is 2.85. The zero-order valence-corrected chi connectivity index (χ0v) is 18.4. The molecule has 0 atom stereocenters. The molecule has 1 aliphatic heterocycles. The Morgan fingerprint density at radius 3 is 2.31 bits per heavy atom. The number of carboxylic acids is 1. The molecule has 2 aliphatic rings. The Morgan fingerprint density at radius 1 is 1.21 bits per heavy atom. The molecule has 29 heavy (non-hydrogen) atoms. The fraction of sp³-hybridized carbons (Fsp3) is 0.625. The van der Waals surface area contributed by atoms with Gasteiger partial charge in [0.25, 0.3) is 0 Å². The number of carbonyl (C=O) groups is 1. The smallest absolute Gasteiger partial charge is 0.336 e. The van der Waals surface area contributed by atoms with Crippen molar-refractivity contribution in [1.29, 1.82) is 0 Å². The Balaban J connectivity index is 1.92. The van der Waals surface area contributed by atoms with Gasteiger partial charge in [0.15, 0.2) is 0 Å². The van der Waals surface area contributed by atoms with Crippen LogP contribution < -0.4 is 4.90 Å². The van der Waals surface area contributed by atoms with Crippen LogP contribution in [-0.2, 0) is 4.74 Å². The molecule has 5 nitrogen and oxygen atoms in total. The molecule has 0 amide bonds. The summed E-state index contributed by atoms with van der Waals surface area (Å²) in [6.07, 6.45) is 4.61. The van der Waals surface area contributed by atoms with Gasteiger partial charge in [0.05, 0.1) is 24.2 Å². The van der Waals surface area contributed by atoms with Crippen LogP contribution in [0.25, 0.3) is 0 Å². The van der Waals surface area contributed by atoms with Crippen LogP contribution in [0.2, 0.25) is 0 Å². The Kier molecular flexibility index (Phi) is 6.55. The molecule has 1 N–H and O–H groups in total. The maximum Gasteiger partial charge on any atom is 0.336 e. The first-order valence-corrected chi connectivity index (χ1v) is 10.7. The van der Waals surface area contributed by atoms with Crippen LogP contribution in [0.5, 0.6) is 0 Å². The summed E-state index contributed by atoms with van der Waals surface area (Å²) in [5.74, 6) is 5.62. The summed E-state index contributed by atoms with van der Waals surface area (Å²) in [5, 5.41) is 9.77. The van der Waals surface area contributed by atoms with E-state index in [4.69, 9.17) is 4.74 Å². The molecule has 0 spiro atoms. The lowest BCUT2D eigenvalue weighted by Crippen LogP contribution is -2.42. The van der Waals surface area contributed by atoms with Crippen LogP contribution in [0.1, 0.15) is 61.0 Å². The Morgan fingerprint density at radius 2 is 1.83 bits per heavy atom. The van der Waals surface area contributed by atoms with Gasteiger partial charge in [0.2, 0.25) is 0 Å². The second-order valence-electron chi connectivity index (χ2n) is 8.99. The lowest BCUT2D eigenvalue weighted by Gasteiger charge is -2.40. The molecule has 1 heterocycles. The van der Waals surface area contributed by atoms with Crippen LogP contribution in [0.3, 0.4) is 0 Å². The predicted octanol–water partition coefficient (Wildman–Crippen LogP) is 3.78.